The van der Waals surface area contributed by atoms with Gasteiger partial charge in [-0.25, -0.2) is 14.8 Å². The molecule has 1 aromatic carbocycles. The third-order valence-corrected chi connectivity index (χ3v) is 5.52. The highest BCUT2D eigenvalue weighted by atomic mass is 16.5. The molecule has 2 aromatic heterocycles. The van der Waals surface area contributed by atoms with E-state index in [-0.39, 0.29) is 54.5 Å². The fourth-order valence-electron chi connectivity index (χ4n) is 3.48. The molecule has 15 heteroatoms. The number of hydrogen-bond acceptors (Lipinski definition) is 11. The Morgan fingerprint density at radius 3 is 2.58 bits per heavy atom. The van der Waals surface area contributed by atoms with E-state index in [0.717, 1.165) is 0 Å². The molecule has 214 valence electrons. The van der Waals surface area contributed by atoms with Crippen molar-refractivity contribution < 1.29 is 29.0 Å². The molecule has 0 aliphatic heterocycles. The molecule has 0 radical (unpaired) electrons. The summed E-state index contributed by atoms with van der Waals surface area (Å²) >= 11 is 0. The second kappa shape index (κ2) is 15.1. The SMILES string of the molecule is CCOCCOCCNC(=O)CCC(NC(=O)c1ccc(NCc2cnc3nc(N)[nH]c(=O)c3n2)cc1)C(=O)O. The lowest BCUT2D eigenvalue weighted by Crippen LogP contribution is -2.41. The van der Waals surface area contributed by atoms with Crippen LogP contribution in [0.1, 0.15) is 35.8 Å². The number of aromatic nitrogens is 4. The fourth-order valence-corrected chi connectivity index (χ4v) is 3.48. The maximum absolute atomic E-state index is 12.6. The standard InChI is InChI=1S/C25H32N8O7/c1-2-39-11-12-40-10-9-27-19(34)8-7-18(24(37)38)31-22(35)15-3-5-16(6-4-15)28-13-17-14-29-21-20(30-17)23(36)33-25(26)32-21/h3-6,14,18,28H,2,7-13H2,1H3,(H,27,34)(H,31,35)(H,37,38)(H3,26,29,32,33,36). The minimum atomic E-state index is -1.24. The topological polar surface area (TPSA) is 224 Å². The summed E-state index contributed by atoms with van der Waals surface area (Å²) in [6.45, 7) is 4.22. The largest absolute Gasteiger partial charge is 0.480 e. The number of carbonyl (C=O) groups is 3. The average molecular weight is 557 g/mol. The number of carboxylic acid groups (broad SMARTS) is 1. The fraction of sp³-hybridized carbons (Fsp3) is 0.400. The molecule has 0 saturated carbocycles. The molecule has 3 aromatic rings. The van der Waals surface area contributed by atoms with Crippen LogP contribution in [0, 0.1) is 0 Å². The summed E-state index contributed by atoms with van der Waals surface area (Å²) in [4.78, 5) is 62.9. The van der Waals surface area contributed by atoms with Crippen LogP contribution < -0.4 is 27.2 Å². The van der Waals surface area contributed by atoms with E-state index in [4.69, 9.17) is 15.2 Å². The first-order chi connectivity index (χ1) is 19.3. The van der Waals surface area contributed by atoms with Crippen LogP contribution >= 0.6 is 0 Å². The van der Waals surface area contributed by atoms with Crippen molar-refractivity contribution in [2.75, 3.05) is 44.0 Å². The van der Waals surface area contributed by atoms with Crippen LogP contribution in [0.5, 0.6) is 0 Å². The molecule has 40 heavy (non-hydrogen) atoms. The van der Waals surface area contributed by atoms with E-state index in [2.05, 4.69) is 35.9 Å². The zero-order valence-corrected chi connectivity index (χ0v) is 21.9. The number of carbonyl (C=O) groups excluding carboxylic acids is 2. The molecular weight excluding hydrogens is 524 g/mol. The minimum absolute atomic E-state index is 0.0483. The Bertz CT molecular complexity index is 1360. The maximum Gasteiger partial charge on any atom is 0.326 e. The number of ether oxygens (including phenoxy) is 2. The van der Waals surface area contributed by atoms with E-state index < -0.39 is 23.5 Å². The lowest BCUT2D eigenvalue weighted by molar-refractivity contribution is -0.139. The van der Waals surface area contributed by atoms with Crippen LogP contribution in [0.25, 0.3) is 11.2 Å². The number of amides is 2. The molecule has 1 atom stereocenters. The van der Waals surface area contributed by atoms with Gasteiger partial charge >= 0.3 is 5.97 Å². The Labute approximate surface area is 228 Å². The number of nitrogens with one attached hydrogen (secondary N) is 4. The van der Waals surface area contributed by atoms with Crippen molar-refractivity contribution in [2.45, 2.75) is 32.4 Å². The first-order valence-corrected chi connectivity index (χ1v) is 12.6. The quantitative estimate of drug-likeness (QED) is 0.129. The van der Waals surface area contributed by atoms with Crippen LogP contribution in [0.15, 0.2) is 35.3 Å². The van der Waals surface area contributed by atoms with Gasteiger partial charge < -0.3 is 36.3 Å². The number of nitrogens with zero attached hydrogens (tertiary/aromatic N) is 3. The summed E-state index contributed by atoms with van der Waals surface area (Å²) in [6, 6.07) is 5.09. The van der Waals surface area contributed by atoms with Gasteiger partial charge in [0.25, 0.3) is 11.5 Å². The van der Waals surface area contributed by atoms with Crippen LogP contribution in [-0.2, 0) is 25.6 Å². The summed E-state index contributed by atoms with van der Waals surface area (Å²) in [5.41, 5.74) is 6.59. The van der Waals surface area contributed by atoms with Crippen molar-refractivity contribution in [3.05, 3.63) is 52.1 Å². The van der Waals surface area contributed by atoms with Gasteiger partial charge in [0.2, 0.25) is 11.9 Å². The van der Waals surface area contributed by atoms with Gasteiger partial charge in [-0.2, -0.15) is 4.98 Å². The number of aliphatic carboxylic acids is 1. The van der Waals surface area contributed by atoms with Crippen LogP contribution in [0.3, 0.4) is 0 Å². The molecule has 3 rings (SSSR count). The summed E-state index contributed by atoms with van der Waals surface area (Å²) in [5, 5.41) is 17.7. The van der Waals surface area contributed by atoms with Gasteiger partial charge in [0.15, 0.2) is 11.2 Å². The van der Waals surface area contributed by atoms with Crippen molar-refractivity contribution >= 4 is 40.6 Å². The summed E-state index contributed by atoms with van der Waals surface area (Å²) in [5.74, 6) is -2.22. The number of nitrogen functional groups attached to an aromatic ring is 1. The first kappa shape index (κ1) is 29.9. The number of aromatic amines is 1. The van der Waals surface area contributed by atoms with E-state index in [1.807, 2.05) is 6.92 Å². The highest BCUT2D eigenvalue weighted by Gasteiger charge is 2.21. The monoisotopic (exact) mass is 556 g/mol. The van der Waals surface area contributed by atoms with Crippen LogP contribution in [0.4, 0.5) is 11.6 Å². The predicted molar refractivity (Wildman–Crippen MR) is 145 cm³/mol. The number of H-pyrrole nitrogens is 1. The van der Waals surface area contributed by atoms with Gasteiger partial charge in [-0.3, -0.25) is 19.4 Å². The summed E-state index contributed by atoms with van der Waals surface area (Å²) < 4.78 is 10.4. The molecule has 15 nitrogen and oxygen atoms in total. The average Bonchev–Trinajstić information content (AvgIpc) is 2.93. The molecule has 0 spiro atoms. The molecular formula is C25H32N8O7. The van der Waals surface area contributed by atoms with Gasteiger partial charge in [0.1, 0.15) is 6.04 Å². The lowest BCUT2D eigenvalue weighted by Gasteiger charge is -2.15. The van der Waals surface area contributed by atoms with Gasteiger partial charge in [-0.05, 0) is 37.6 Å². The maximum atomic E-state index is 12.6. The Morgan fingerprint density at radius 1 is 1.10 bits per heavy atom. The second-order valence-electron chi connectivity index (χ2n) is 8.48. The van der Waals surface area contributed by atoms with E-state index >= 15 is 0 Å². The number of fused-ring (bicyclic) bond motifs is 1. The number of anilines is 2. The normalized spacial score (nSPS) is 11.6. The van der Waals surface area contributed by atoms with Crippen LogP contribution in [-0.4, -0.2) is 81.8 Å². The van der Waals surface area contributed by atoms with E-state index in [1.54, 1.807) is 12.1 Å². The number of rotatable bonds is 16. The molecule has 0 bridgehead atoms. The van der Waals surface area contributed by atoms with Gasteiger partial charge in [0.05, 0.1) is 38.3 Å². The number of nitrogens with two attached hydrogens (primary N) is 1. The molecule has 0 aliphatic rings. The predicted octanol–water partition coefficient (Wildman–Crippen LogP) is 0.0399. The van der Waals surface area contributed by atoms with Gasteiger partial charge in [-0.15, -0.1) is 0 Å². The molecule has 7 N–H and O–H groups in total. The molecule has 2 heterocycles. The smallest absolute Gasteiger partial charge is 0.326 e. The Hall–Kier alpha value is -4.63. The third-order valence-electron chi connectivity index (χ3n) is 5.52. The molecule has 0 saturated heterocycles. The zero-order valence-electron chi connectivity index (χ0n) is 21.9. The van der Waals surface area contributed by atoms with Gasteiger partial charge in [0, 0.05) is 30.8 Å². The summed E-state index contributed by atoms with van der Waals surface area (Å²) in [7, 11) is 0. The highest BCUT2D eigenvalue weighted by Crippen LogP contribution is 2.12. The Morgan fingerprint density at radius 2 is 1.85 bits per heavy atom. The number of hydrogen-bond donors (Lipinski definition) is 6. The van der Waals surface area contributed by atoms with Crippen molar-refractivity contribution in [2.24, 2.45) is 0 Å². The van der Waals surface area contributed by atoms with Crippen molar-refractivity contribution in [3.8, 4) is 0 Å². The zero-order chi connectivity index (χ0) is 28.9. The molecule has 0 aliphatic carbocycles. The number of benzene rings is 1. The summed E-state index contributed by atoms with van der Waals surface area (Å²) in [6.07, 6.45) is 1.31. The Kier molecular flexibility index (Phi) is 11.3. The highest BCUT2D eigenvalue weighted by molar-refractivity contribution is 5.97. The molecule has 1 unspecified atom stereocenters. The van der Waals surface area contributed by atoms with Gasteiger partial charge in [-0.1, -0.05) is 0 Å². The van der Waals surface area contributed by atoms with Crippen molar-refractivity contribution in [1.82, 2.24) is 30.6 Å². The van der Waals surface area contributed by atoms with Crippen LogP contribution in [0.2, 0.25) is 0 Å². The van der Waals surface area contributed by atoms with Crippen molar-refractivity contribution in [1.29, 1.82) is 0 Å². The molecule has 0 fully saturated rings. The van der Waals surface area contributed by atoms with Crippen molar-refractivity contribution in [3.63, 3.8) is 0 Å². The second-order valence-corrected chi connectivity index (χ2v) is 8.48. The van der Waals surface area contributed by atoms with E-state index in [9.17, 15) is 24.3 Å². The molecule has 2 amide bonds. The Balaban J connectivity index is 1.45. The minimum Gasteiger partial charge on any atom is -0.480 e. The third kappa shape index (κ3) is 9.28. The van der Waals surface area contributed by atoms with E-state index in [0.29, 0.717) is 37.8 Å². The lowest BCUT2D eigenvalue weighted by atomic mass is 10.1. The first-order valence-electron chi connectivity index (χ1n) is 12.6. The number of carboxylic acids is 1. The van der Waals surface area contributed by atoms with E-state index in [1.165, 1.54) is 18.3 Å².